The van der Waals surface area contributed by atoms with Gasteiger partial charge in [-0.1, -0.05) is 6.07 Å². The van der Waals surface area contributed by atoms with Crippen LogP contribution in [0.4, 0.5) is 0 Å². The number of hydrogen-bond donors (Lipinski definition) is 1. The molecule has 1 heterocycles. The molecule has 0 bridgehead atoms. The van der Waals surface area contributed by atoms with Gasteiger partial charge in [0.15, 0.2) is 0 Å². The molecule has 0 amide bonds. The number of hydrogen-bond acceptors (Lipinski definition) is 4. The first kappa shape index (κ1) is 14.9. The molecule has 1 atom stereocenters. The lowest BCUT2D eigenvalue weighted by atomic mass is 10.2. The van der Waals surface area contributed by atoms with E-state index < -0.39 is 10.0 Å². The topological polar surface area (TPSA) is 72.6 Å². The summed E-state index contributed by atoms with van der Waals surface area (Å²) in [4.78, 5) is 0.263. The van der Waals surface area contributed by atoms with E-state index in [2.05, 4.69) is 15.9 Å². The number of halogens is 1. The van der Waals surface area contributed by atoms with E-state index in [0.717, 1.165) is 12.0 Å². The minimum Gasteiger partial charge on any atom is -0.380 e. The van der Waals surface area contributed by atoms with E-state index in [1.807, 2.05) is 0 Å². The second-order valence-electron chi connectivity index (χ2n) is 4.51. The molecular weight excluding hydrogens is 332 g/mol. The summed E-state index contributed by atoms with van der Waals surface area (Å²) in [5.41, 5.74) is 6.43. The van der Waals surface area contributed by atoms with Gasteiger partial charge < -0.3 is 10.5 Å². The molecule has 1 unspecified atom stereocenters. The molecule has 5 nitrogen and oxygen atoms in total. The van der Waals surface area contributed by atoms with Crippen molar-refractivity contribution in [1.82, 2.24) is 4.31 Å². The first-order valence-corrected chi connectivity index (χ1v) is 8.24. The molecule has 1 aromatic rings. The van der Waals surface area contributed by atoms with E-state index in [1.165, 1.54) is 4.31 Å². The smallest absolute Gasteiger partial charge is 0.244 e. The second kappa shape index (κ2) is 5.88. The van der Waals surface area contributed by atoms with Gasteiger partial charge in [0.05, 0.1) is 17.5 Å². The molecule has 0 aliphatic carbocycles. The number of nitrogens with zero attached hydrogens (tertiary/aromatic N) is 1. The maximum absolute atomic E-state index is 12.5. The molecule has 7 heteroatoms. The number of nitrogens with two attached hydrogens (primary N) is 1. The summed E-state index contributed by atoms with van der Waals surface area (Å²) in [6.45, 7) is 1.44. The molecule has 1 aromatic carbocycles. The Labute approximate surface area is 121 Å². The van der Waals surface area contributed by atoms with E-state index in [0.29, 0.717) is 24.2 Å². The van der Waals surface area contributed by atoms with Crippen molar-refractivity contribution in [3.8, 4) is 0 Å². The fourth-order valence-corrected chi connectivity index (χ4v) is 4.50. The molecule has 0 aromatic heterocycles. The van der Waals surface area contributed by atoms with Crippen molar-refractivity contribution in [2.24, 2.45) is 5.73 Å². The Morgan fingerprint density at radius 1 is 1.53 bits per heavy atom. The lowest BCUT2D eigenvalue weighted by molar-refractivity contribution is 0.181. The highest BCUT2D eigenvalue weighted by molar-refractivity contribution is 9.10. The summed E-state index contributed by atoms with van der Waals surface area (Å²) in [6.07, 6.45) is 0.730. The number of sulfonamides is 1. The van der Waals surface area contributed by atoms with Crippen molar-refractivity contribution in [2.75, 3.05) is 20.3 Å². The average molecular weight is 349 g/mol. The average Bonchev–Trinajstić information content (AvgIpc) is 2.90. The van der Waals surface area contributed by atoms with Gasteiger partial charge in [-0.05, 0) is 40.0 Å². The minimum absolute atomic E-state index is 0.0916. The lowest BCUT2D eigenvalue weighted by Gasteiger charge is -2.23. The molecule has 0 saturated carbocycles. The summed E-state index contributed by atoms with van der Waals surface area (Å²) in [5, 5.41) is 0. The minimum atomic E-state index is -3.51. The predicted octanol–water partition coefficient (Wildman–Crippen LogP) is 1.32. The Kier molecular flexibility index (Phi) is 4.62. The van der Waals surface area contributed by atoms with Crippen LogP contribution in [-0.4, -0.2) is 39.0 Å². The van der Waals surface area contributed by atoms with Crippen LogP contribution in [-0.2, 0) is 21.3 Å². The number of rotatable bonds is 4. The van der Waals surface area contributed by atoms with Gasteiger partial charge in [-0.2, -0.15) is 4.31 Å². The van der Waals surface area contributed by atoms with E-state index in [-0.39, 0.29) is 10.9 Å². The van der Waals surface area contributed by atoms with Gasteiger partial charge in [0.1, 0.15) is 0 Å². The SMILES string of the molecule is CN(C1CCOC1)S(=O)(=O)c1ccc(CN)cc1Br. The molecule has 19 heavy (non-hydrogen) atoms. The summed E-state index contributed by atoms with van der Waals surface area (Å²) in [6, 6.07) is 4.97. The maximum atomic E-state index is 12.5. The Hall–Kier alpha value is -0.470. The van der Waals surface area contributed by atoms with Crippen LogP contribution in [0.15, 0.2) is 27.6 Å². The Balaban J connectivity index is 2.33. The Morgan fingerprint density at radius 3 is 2.79 bits per heavy atom. The first-order chi connectivity index (χ1) is 8.96. The second-order valence-corrected chi connectivity index (χ2v) is 7.33. The lowest BCUT2D eigenvalue weighted by Crippen LogP contribution is -2.37. The maximum Gasteiger partial charge on any atom is 0.244 e. The van der Waals surface area contributed by atoms with Crippen molar-refractivity contribution in [3.63, 3.8) is 0 Å². The third kappa shape index (κ3) is 3.00. The summed E-state index contributed by atoms with van der Waals surface area (Å²) in [7, 11) is -1.92. The molecule has 1 aliphatic rings. The van der Waals surface area contributed by atoms with Crippen LogP contribution >= 0.6 is 15.9 Å². The standard InChI is InChI=1S/C12H17BrN2O3S/c1-15(10-4-5-18-8-10)19(16,17)12-3-2-9(7-14)6-11(12)13/h2-3,6,10H,4-5,7-8,14H2,1H3. The number of benzene rings is 1. The van der Waals surface area contributed by atoms with Gasteiger partial charge in [-0.25, -0.2) is 8.42 Å². The van der Waals surface area contributed by atoms with E-state index in [1.54, 1.807) is 25.2 Å². The van der Waals surface area contributed by atoms with Crippen LogP contribution in [0.1, 0.15) is 12.0 Å². The highest BCUT2D eigenvalue weighted by Gasteiger charge is 2.31. The highest BCUT2D eigenvalue weighted by atomic mass is 79.9. The van der Waals surface area contributed by atoms with Gasteiger partial charge in [0, 0.05) is 24.7 Å². The quantitative estimate of drug-likeness (QED) is 0.890. The zero-order valence-electron chi connectivity index (χ0n) is 10.7. The van der Waals surface area contributed by atoms with Crippen molar-refractivity contribution in [1.29, 1.82) is 0 Å². The van der Waals surface area contributed by atoms with Gasteiger partial charge in [-0.3, -0.25) is 0 Å². The van der Waals surface area contributed by atoms with Crippen LogP contribution < -0.4 is 5.73 Å². The fourth-order valence-electron chi connectivity index (χ4n) is 2.04. The highest BCUT2D eigenvalue weighted by Crippen LogP contribution is 2.28. The fraction of sp³-hybridized carbons (Fsp3) is 0.500. The van der Waals surface area contributed by atoms with Crippen LogP contribution in [0.5, 0.6) is 0 Å². The number of ether oxygens (including phenoxy) is 1. The molecule has 2 rings (SSSR count). The molecular formula is C12H17BrN2O3S. The predicted molar refractivity (Wildman–Crippen MR) is 76.2 cm³/mol. The zero-order valence-corrected chi connectivity index (χ0v) is 13.1. The summed E-state index contributed by atoms with van der Waals surface area (Å²) in [5.74, 6) is 0. The van der Waals surface area contributed by atoms with Crippen molar-refractivity contribution in [3.05, 3.63) is 28.2 Å². The number of likely N-dealkylation sites (N-methyl/N-ethyl adjacent to an activating group) is 1. The molecule has 1 aliphatic heterocycles. The summed E-state index contributed by atoms with van der Waals surface area (Å²) >= 11 is 3.31. The third-order valence-electron chi connectivity index (χ3n) is 3.31. The van der Waals surface area contributed by atoms with Crippen molar-refractivity contribution >= 4 is 26.0 Å². The van der Waals surface area contributed by atoms with Crippen LogP contribution in [0.3, 0.4) is 0 Å². The monoisotopic (exact) mass is 348 g/mol. The van der Waals surface area contributed by atoms with Crippen LogP contribution in [0, 0.1) is 0 Å². The molecule has 2 N–H and O–H groups in total. The molecule has 0 spiro atoms. The van der Waals surface area contributed by atoms with Gasteiger partial charge in [0.2, 0.25) is 10.0 Å². The van der Waals surface area contributed by atoms with E-state index in [4.69, 9.17) is 10.5 Å². The van der Waals surface area contributed by atoms with Gasteiger partial charge >= 0.3 is 0 Å². The first-order valence-electron chi connectivity index (χ1n) is 6.01. The van der Waals surface area contributed by atoms with Crippen LogP contribution in [0.2, 0.25) is 0 Å². The summed E-state index contributed by atoms with van der Waals surface area (Å²) < 4.78 is 32.3. The van der Waals surface area contributed by atoms with Gasteiger partial charge in [-0.15, -0.1) is 0 Å². The Bertz CT molecular complexity index is 556. The van der Waals surface area contributed by atoms with E-state index >= 15 is 0 Å². The molecule has 0 radical (unpaired) electrons. The zero-order chi connectivity index (χ0) is 14.0. The largest absolute Gasteiger partial charge is 0.380 e. The van der Waals surface area contributed by atoms with Crippen molar-refractivity contribution in [2.45, 2.75) is 23.9 Å². The van der Waals surface area contributed by atoms with Crippen molar-refractivity contribution < 1.29 is 13.2 Å². The molecule has 106 valence electrons. The Morgan fingerprint density at radius 2 is 2.26 bits per heavy atom. The van der Waals surface area contributed by atoms with E-state index in [9.17, 15) is 8.42 Å². The van der Waals surface area contributed by atoms with Crippen LogP contribution in [0.25, 0.3) is 0 Å². The third-order valence-corrected chi connectivity index (χ3v) is 6.20. The molecule has 1 fully saturated rings. The molecule has 1 saturated heterocycles. The normalized spacial score (nSPS) is 20.1. The van der Waals surface area contributed by atoms with Gasteiger partial charge in [0.25, 0.3) is 0 Å².